The Morgan fingerprint density at radius 3 is 2.67 bits per heavy atom. The van der Waals surface area contributed by atoms with Crippen molar-refractivity contribution < 1.29 is 4.84 Å². The lowest BCUT2D eigenvalue weighted by atomic mass is 9.89. The maximum Gasteiger partial charge on any atom is 0.106 e. The summed E-state index contributed by atoms with van der Waals surface area (Å²) < 4.78 is 0. The van der Waals surface area contributed by atoms with Gasteiger partial charge in [0, 0.05) is 17.2 Å². The van der Waals surface area contributed by atoms with E-state index < -0.39 is 0 Å². The SMILES string of the molecule is CON=Cc1ccnc(C(C)(C)C)c1N. The molecule has 2 N–H and O–H groups in total. The largest absolute Gasteiger partial charge is 0.399 e. The first-order valence-corrected chi connectivity index (χ1v) is 4.78. The molecule has 0 aliphatic heterocycles. The van der Waals surface area contributed by atoms with Gasteiger partial charge >= 0.3 is 0 Å². The van der Waals surface area contributed by atoms with Crippen LogP contribution >= 0.6 is 0 Å². The zero-order valence-corrected chi connectivity index (χ0v) is 9.61. The molecule has 0 aromatic carbocycles. The summed E-state index contributed by atoms with van der Waals surface area (Å²) in [4.78, 5) is 8.91. The Bertz CT molecular complexity index is 367. The van der Waals surface area contributed by atoms with Gasteiger partial charge in [-0.2, -0.15) is 0 Å². The molecule has 1 aromatic heterocycles. The van der Waals surface area contributed by atoms with Gasteiger partial charge in [-0.25, -0.2) is 0 Å². The molecule has 0 saturated carbocycles. The number of anilines is 1. The summed E-state index contributed by atoms with van der Waals surface area (Å²) >= 11 is 0. The molecule has 0 fully saturated rings. The quantitative estimate of drug-likeness (QED) is 0.595. The number of nitrogens with zero attached hydrogens (tertiary/aromatic N) is 2. The molecule has 0 atom stereocenters. The van der Waals surface area contributed by atoms with Gasteiger partial charge < -0.3 is 10.6 Å². The van der Waals surface area contributed by atoms with Gasteiger partial charge in [-0.1, -0.05) is 25.9 Å². The van der Waals surface area contributed by atoms with Crippen LogP contribution in [0.2, 0.25) is 0 Å². The molecule has 1 aromatic rings. The number of nitrogen functional groups attached to an aromatic ring is 1. The van der Waals surface area contributed by atoms with Crippen LogP contribution in [0.4, 0.5) is 5.69 Å². The van der Waals surface area contributed by atoms with E-state index in [1.807, 2.05) is 6.07 Å². The second kappa shape index (κ2) is 4.29. The van der Waals surface area contributed by atoms with Gasteiger partial charge in [0.2, 0.25) is 0 Å². The zero-order valence-electron chi connectivity index (χ0n) is 9.61. The fourth-order valence-electron chi connectivity index (χ4n) is 1.31. The number of nitrogens with two attached hydrogens (primary N) is 1. The Morgan fingerprint density at radius 2 is 2.13 bits per heavy atom. The fourth-order valence-corrected chi connectivity index (χ4v) is 1.31. The molecule has 0 radical (unpaired) electrons. The minimum atomic E-state index is -0.0684. The van der Waals surface area contributed by atoms with E-state index in [9.17, 15) is 0 Å². The van der Waals surface area contributed by atoms with Crippen molar-refractivity contribution in [3.63, 3.8) is 0 Å². The third-order valence-corrected chi connectivity index (χ3v) is 2.03. The molecule has 0 saturated heterocycles. The van der Waals surface area contributed by atoms with Crippen LogP contribution in [0.3, 0.4) is 0 Å². The molecule has 15 heavy (non-hydrogen) atoms. The number of hydrogen-bond donors (Lipinski definition) is 1. The monoisotopic (exact) mass is 207 g/mol. The average molecular weight is 207 g/mol. The third-order valence-electron chi connectivity index (χ3n) is 2.03. The Balaban J connectivity index is 3.17. The van der Waals surface area contributed by atoms with Crippen molar-refractivity contribution in [2.24, 2.45) is 5.16 Å². The Hall–Kier alpha value is -1.58. The number of aromatic nitrogens is 1. The van der Waals surface area contributed by atoms with Gasteiger partial charge in [0.15, 0.2) is 0 Å². The standard InChI is InChI=1S/C11H17N3O/c1-11(2,3)10-9(12)8(5-6-13-10)7-14-15-4/h5-7H,12H2,1-4H3. The Kier molecular flexibility index (Phi) is 3.29. The molecule has 0 spiro atoms. The van der Waals surface area contributed by atoms with Crippen molar-refractivity contribution >= 4 is 11.9 Å². The van der Waals surface area contributed by atoms with Gasteiger partial charge in [-0.15, -0.1) is 0 Å². The minimum Gasteiger partial charge on any atom is -0.399 e. The molecule has 4 nitrogen and oxygen atoms in total. The van der Waals surface area contributed by atoms with Crippen molar-refractivity contribution in [2.75, 3.05) is 12.8 Å². The number of rotatable bonds is 2. The zero-order chi connectivity index (χ0) is 11.5. The highest BCUT2D eigenvalue weighted by Crippen LogP contribution is 2.26. The highest BCUT2D eigenvalue weighted by molar-refractivity contribution is 5.87. The molecule has 82 valence electrons. The first kappa shape index (κ1) is 11.5. The summed E-state index contributed by atoms with van der Waals surface area (Å²) in [6.07, 6.45) is 3.32. The lowest BCUT2D eigenvalue weighted by Gasteiger charge is -2.20. The highest BCUT2D eigenvalue weighted by atomic mass is 16.6. The second-order valence-corrected chi connectivity index (χ2v) is 4.33. The van der Waals surface area contributed by atoms with E-state index in [0.717, 1.165) is 11.3 Å². The van der Waals surface area contributed by atoms with E-state index in [-0.39, 0.29) is 5.41 Å². The van der Waals surface area contributed by atoms with Crippen LogP contribution in [0, 0.1) is 0 Å². The number of pyridine rings is 1. The average Bonchev–Trinajstić information content (AvgIpc) is 2.14. The van der Waals surface area contributed by atoms with Crippen LogP contribution in [0.15, 0.2) is 17.4 Å². The number of hydrogen-bond acceptors (Lipinski definition) is 4. The molecule has 1 heterocycles. The predicted molar refractivity (Wildman–Crippen MR) is 62.0 cm³/mol. The van der Waals surface area contributed by atoms with Gasteiger partial charge in [-0.05, 0) is 6.07 Å². The summed E-state index contributed by atoms with van der Waals surface area (Å²) in [6, 6.07) is 1.81. The van der Waals surface area contributed by atoms with Crippen LogP contribution < -0.4 is 5.73 Å². The van der Waals surface area contributed by atoms with Crippen molar-refractivity contribution in [2.45, 2.75) is 26.2 Å². The topological polar surface area (TPSA) is 60.5 Å². The van der Waals surface area contributed by atoms with Crippen LogP contribution in [0.1, 0.15) is 32.0 Å². The lowest BCUT2D eigenvalue weighted by Crippen LogP contribution is -2.17. The van der Waals surface area contributed by atoms with Gasteiger partial charge in [0.05, 0.1) is 17.6 Å². The van der Waals surface area contributed by atoms with E-state index in [2.05, 4.69) is 35.7 Å². The van der Waals surface area contributed by atoms with Crippen molar-refractivity contribution in [1.82, 2.24) is 4.98 Å². The van der Waals surface area contributed by atoms with Gasteiger partial charge in [0.25, 0.3) is 0 Å². The summed E-state index contributed by atoms with van der Waals surface area (Å²) in [7, 11) is 1.50. The van der Waals surface area contributed by atoms with Gasteiger partial charge in [-0.3, -0.25) is 4.98 Å². The summed E-state index contributed by atoms with van der Waals surface area (Å²) in [6.45, 7) is 6.22. The third kappa shape index (κ3) is 2.68. The van der Waals surface area contributed by atoms with E-state index >= 15 is 0 Å². The molecular weight excluding hydrogens is 190 g/mol. The van der Waals surface area contributed by atoms with E-state index in [1.54, 1.807) is 12.4 Å². The molecule has 0 amide bonds. The molecule has 1 rings (SSSR count). The van der Waals surface area contributed by atoms with Crippen molar-refractivity contribution in [3.05, 3.63) is 23.5 Å². The van der Waals surface area contributed by atoms with Gasteiger partial charge in [0.1, 0.15) is 7.11 Å². The Labute approximate surface area is 90.1 Å². The summed E-state index contributed by atoms with van der Waals surface area (Å²) in [5, 5.41) is 3.69. The van der Waals surface area contributed by atoms with Crippen LogP contribution in [-0.4, -0.2) is 18.3 Å². The molecule has 4 heteroatoms. The van der Waals surface area contributed by atoms with E-state index in [0.29, 0.717) is 5.69 Å². The van der Waals surface area contributed by atoms with Crippen molar-refractivity contribution in [1.29, 1.82) is 0 Å². The first-order chi connectivity index (χ1) is 6.96. The van der Waals surface area contributed by atoms with Crippen molar-refractivity contribution in [3.8, 4) is 0 Å². The highest BCUT2D eigenvalue weighted by Gasteiger charge is 2.19. The summed E-state index contributed by atoms with van der Waals surface area (Å²) in [5.41, 5.74) is 8.30. The van der Waals surface area contributed by atoms with E-state index in [1.165, 1.54) is 7.11 Å². The lowest BCUT2D eigenvalue weighted by molar-refractivity contribution is 0.215. The second-order valence-electron chi connectivity index (χ2n) is 4.33. The number of oxime groups is 1. The normalized spacial score (nSPS) is 12.0. The molecular formula is C11H17N3O. The van der Waals surface area contributed by atoms with Crippen LogP contribution in [-0.2, 0) is 10.3 Å². The smallest absolute Gasteiger partial charge is 0.106 e. The first-order valence-electron chi connectivity index (χ1n) is 4.78. The maximum absolute atomic E-state index is 6.00. The summed E-state index contributed by atoms with van der Waals surface area (Å²) in [5.74, 6) is 0. The maximum atomic E-state index is 6.00. The fraction of sp³-hybridized carbons (Fsp3) is 0.455. The molecule has 0 aliphatic carbocycles. The predicted octanol–water partition coefficient (Wildman–Crippen LogP) is 1.94. The molecule has 0 aliphatic rings. The Morgan fingerprint density at radius 1 is 1.47 bits per heavy atom. The molecule has 0 bridgehead atoms. The van der Waals surface area contributed by atoms with Crippen LogP contribution in [0.25, 0.3) is 0 Å². The molecule has 0 unspecified atom stereocenters. The van der Waals surface area contributed by atoms with Crippen LogP contribution in [0.5, 0.6) is 0 Å². The van der Waals surface area contributed by atoms with E-state index in [4.69, 9.17) is 5.73 Å². The minimum absolute atomic E-state index is 0.0684.